The van der Waals surface area contributed by atoms with Gasteiger partial charge in [-0.1, -0.05) is 18.1 Å². The third-order valence-corrected chi connectivity index (χ3v) is 3.62. The predicted octanol–water partition coefficient (Wildman–Crippen LogP) is 2.71. The molecule has 1 unspecified atom stereocenters. The molecule has 0 fully saturated rings. The van der Waals surface area contributed by atoms with Gasteiger partial charge in [-0.3, -0.25) is 4.79 Å². The van der Waals surface area contributed by atoms with Crippen LogP contribution >= 0.6 is 0 Å². The van der Waals surface area contributed by atoms with Crippen LogP contribution in [0.5, 0.6) is 5.75 Å². The first kappa shape index (κ1) is 18.8. The van der Waals surface area contributed by atoms with Gasteiger partial charge in [-0.05, 0) is 48.9 Å². The predicted molar refractivity (Wildman–Crippen MR) is 97.4 cm³/mol. The van der Waals surface area contributed by atoms with Crippen molar-refractivity contribution in [3.63, 3.8) is 0 Å². The fraction of sp³-hybridized carbons (Fsp3) is 0.350. The van der Waals surface area contributed by atoms with Gasteiger partial charge in [0.05, 0.1) is 12.1 Å². The number of ether oxygens (including phenoxy) is 3. The Bertz CT molecular complexity index is 792. The lowest BCUT2D eigenvalue weighted by molar-refractivity contribution is -0.150. The molecule has 0 saturated heterocycles. The number of nitrogens with one attached hydrogen (secondary N) is 1. The lowest BCUT2D eigenvalue weighted by Crippen LogP contribution is -2.52. The quantitative estimate of drug-likeness (QED) is 0.621. The van der Waals surface area contributed by atoms with Crippen LogP contribution in [0.2, 0.25) is 0 Å². The number of amides is 1. The number of hydrogen-bond donors (Lipinski definition) is 1. The van der Waals surface area contributed by atoms with Gasteiger partial charge in [0.15, 0.2) is 0 Å². The maximum absolute atomic E-state index is 12.4. The number of fused-ring (bicyclic) bond motifs is 1. The van der Waals surface area contributed by atoms with Gasteiger partial charge in [-0.15, -0.1) is 6.42 Å². The van der Waals surface area contributed by atoms with E-state index in [9.17, 15) is 4.79 Å². The zero-order valence-corrected chi connectivity index (χ0v) is 15.0. The highest BCUT2D eigenvalue weighted by molar-refractivity contribution is 5.85. The largest absolute Gasteiger partial charge is 0.455 e. The summed E-state index contributed by atoms with van der Waals surface area (Å²) in [7, 11) is 3.00. The Labute approximate surface area is 148 Å². The summed E-state index contributed by atoms with van der Waals surface area (Å²) in [5, 5.41) is 4.81. The van der Waals surface area contributed by atoms with Crippen LogP contribution in [0.4, 0.5) is 0 Å². The maximum atomic E-state index is 12.4. The second-order valence-electron chi connectivity index (χ2n) is 6.36. The molecule has 0 aliphatic carbocycles. The van der Waals surface area contributed by atoms with Crippen LogP contribution in [0.1, 0.15) is 19.4 Å². The number of rotatable bonds is 7. The molecule has 0 aliphatic rings. The Morgan fingerprint density at radius 3 is 2.56 bits per heavy atom. The second kappa shape index (κ2) is 8.02. The standard InChI is InChI=1S/C20H23NO4/c1-6-14-7-8-15-9-10-17(12-16(15)11-14)25-19(24-5)18(22)21-20(2,3)13-23-4/h1,7-12,19H,13H2,2-5H3,(H,21,22). The minimum absolute atomic E-state index is 0.373. The molecule has 2 aromatic rings. The van der Waals surface area contributed by atoms with Gasteiger partial charge >= 0.3 is 0 Å². The van der Waals surface area contributed by atoms with Gasteiger partial charge in [0.25, 0.3) is 12.2 Å². The molecule has 0 heterocycles. The van der Waals surface area contributed by atoms with Crippen molar-refractivity contribution in [1.82, 2.24) is 5.32 Å². The number of methoxy groups -OCH3 is 2. The fourth-order valence-corrected chi connectivity index (χ4v) is 2.51. The Morgan fingerprint density at radius 2 is 1.92 bits per heavy atom. The molecule has 0 radical (unpaired) electrons. The molecule has 1 N–H and O–H groups in total. The minimum Gasteiger partial charge on any atom is -0.455 e. The summed E-state index contributed by atoms with van der Waals surface area (Å²) >= 11 is 0. The monoisotopic (exact) mass is 341 g/mol. The Balaban J connectivity index is 2.16. The molecule has 0 aromatic heterocycles. The van der Waals surface area contributed by atoms with Crippen molar-refractivity contribution < 1.29 is 19.0 Å². The van der Waals surface area contributed by atoms with Gasteiger partial charge < -0.3 is 19.5 Å². The number of hydrogen-bond acceptors (Lipinski definition) is 4. The van der Waals surface area contributed by atoms with E-state index in [2.05, 4.69) is 11.2 Å². The highest BCUT2D eigenvalue weighted by Gasteiger charge is 2.27. The maximum Gasteiger partial charge on any atom is 0.290 e. The van der Waals surface area contributed by atoms with Crippen LogP contribution in [0, 0.1) is 12.3 Å². The first-order valence-corrected chi connectivity index (χ1v) is 7.89. The summed E-state index contributed by atoms with van der Waals surface area (Å²) in [6.07, 6.45) is 4.37. The van der Waals surface area contributed by atoms with Crippen molar-refractivity contribution in [3.05, 3.63) is 42.0 Å². The third-order valence-electron chi connectivity index (χ3n) is 3.62. The van der Waals surface area contributed by atoms with E-state index in [0.717, 1.165) is 16.3 Å². The Hall–Kier alpha value is -2.55. The Kier molecular flexibility index (Phi) is 6.02. The van der Waals surface area contributed by atoms with Gasteiger partial charge in [-0.25, -0.2) is 0 Å². The average Bonchev–Trinajstić information content (AvgIpc) is 2.58. The molecule has 5 nitrogen and oxygen atoms in total. The van der Waals surface area contributed by atoms with E-state index in [1.807, 2.05) is 44.2 Å². The zero-order chi connectivity index (χ0) is 18.4. The first-order valence-electron chi connectivity index (χ1n) is 7.89. The van der Waals surface area contributed by atoms with E-state index in [0.29, 0.717) is 12.4 Å². The molecule has 0 spiro atoms. The lowest BCUT2D eigenvalue weighted by Gasteiger charge is -2.27. The van der Waals surface area contributed by atoms with E-state index in [1.54, 1.807) is 13.2 Å². The van der Waals surface area contributed by atoms with Crippen molar-refractivity contribution in [2.24, 2.45) is 0 Å². The van der Waals surface area contributed by atoms with Crippen molar-refractivity contribution in [2.75, 3.05) is 20.8 Å². The van der Waals surface area contributed by atoms with Crippen molar-refractivity contribution in [2.45, 2.75) is 25.7 Å². The summed E-state index contributed by atoms with van der Waals surface area (Å²) in [5.74, 6) is 2.75. The smallest absolute Gasteiger partial charge is 0.290 e. The average molecular weight is 341 g/mol. The summed E-state index contributed by atoms with van der Waals surface area (Å²) in [4.78, 5) is 12.4. The van der Waals surface area contributed by atoms with Crippen LogP contribution in [-0.4, -0.2) is 38.6 Å². The van der Waals surface area contributed by atoms with Crippen molar-refractivity contribution in [1.29, 1.82) is 0 Å². The molecule has 132 valence electrons. The Morgan fingerprint density at radius 1 is 1.20 bits per heavy atom. The molecular weight excluding hydrogens is 318 g/mol. The zero-order valence-electron chi connectivity index (χ0n) is 15.0. The molecule has 2 aromatic carbocycles. The van der Waals surface area contributed by atoms with E-state index in [1.165, 1.54) is 7.11 Å². The van der Waals surface area contributed by atoms with E-state index in [-0.39, 0.29) is 5.91 Å². The highest BCUT2D eigenvalue weighted by atomic mass is 16.7. The summed E-state index contributed by atoms with van der Waals surface area (Å²) in [6, 6.07) is 11.2. The second-order valence-corrected chi connectivity index (χ2v) is 6.36. The molecule has 1 atom stereocenters. The van der Waals surface area contributed by atoms with E-state index in [4.69, 9.17) is 20.6 Å². The first-order chi connectivity index (χ1) is 11.9. The fourth-order valence-electron chi connectivity index (χ4n) is 2.51. The van der Waals surface area contributed by atoms with Gasteiger partial charge in [0, 0.05) is 19.8 Å². The highest BCUT2D eigenvalue weighted by Crippen LogP contribution is 2.23. The molecular formula is C20H23NO4. The van der Waals surface area contributed by atoms with Crippen LogP contribution in [-0.2, 0) is 14.3 Å². The number of carbonyl (C=O) groups excluding carboxylic acids is 1. The van der Waals surface area contributed by atoms with Gasteiger partial charge in [0.2, 0.25) is 0 Å². The van der Waals surface area contributed by atoms with Crippen molar-refractivity contribution in [3.8, 4) is 18.1 Å². The molecule has 1 amide bonds. The minimum atomic E-state index is -1.07. The molecule has 0 aliphatic heterocycles. The van der Waals surface area contributed by atoms with Crippen LogP contribution < -0.4 is 10.1 Å². The van der Waals surface area contributed by atoms with Gasteiger partial charge in [0.1, 0.15) is 5.75 Å². The van der Waals surface area contributed by atoms with E-state index < -0.39 is 11.8 Å². The number of terminal acetylenes is 1. The molecule has 5 heteroatoms. The van der Waals surface area contributed by atoms with Crippen LogP contribution in [0.15, 0.2) is 36.4 Å². The molecule has 0 saturated carbocycles. The van der Waals surface area contributed by atoms with Crippen molar-refractivity contribution >= 4 is 16.7 Å². The SMILES string of the molecule is C#Cc1ccc2ccc(OC(OC)C(=O)NC(C)(C)COC)cc2c1. The topological polar surface area (TPSA) is 56.8 Å². The normalized spacial score (nSPS) is 12.4. The van der Waals surface area contributed by atoms with Gasteiger partial charge in [-0.2, -0.15) is 0 Å². The molecule has 2 rings (SSSR count). The third kappa shape index (κ3) is 4.96. The molecule has 25 heavy (non-hydrogen) atoms. The molecule has 0 bridgehead atoms. The van der Waals surface area contributed by atoms with Crippen LogP contribution in [0.3, 0.4) is 0 Å². The summed E-state index contributed by atoms with van der Waals surface area (Å²) in [5.41, 5.74) is 0.254. The summed E-state index contributed by atoms with van der Waals surface area (Å²) < 4.78 is 16.0. The summed E-state index contributed by atoms with van der Waals surface area (Å²) in [6.45, 7) is 4.09. The number of carbonyl (C=O) groups is 1. The van der Waals surface area contributed by atoms with E-state index >= 15 is 0 Å². The lowest BCUT2D eigenvalue weighted by atomic mass is 10.1. The van der Waals surface area contributed by atoms with Crippen LogP contribution in [0.25, 0.3) is 10.8 Å². The number of benzene rings is 2.